The van der Waals surface area contributed by atoms with Crippen LogP contribution in [0.25, 0.3) is 0 Å². The van der Waals surface area contributed by atoms with Crippen molar-refractivity contribution in [3.63, 3.8) is 0 Å². The number of carbonyl (C=O) groups excluding carboxylic acids is 1. The van der Waals surface area contributed by atoms with E-state index in [1.54, 1.807) is 4.90 Å². The van der Waals surface area contributed by atoms with Gasteiger partial charge in [-0.25, -0.2) is 4.79 Å². The van der Waals surface area contributed by atoms with E-state index in [0.717, 1.165) is 0 Å². The van der Waals surface area contributed by atoms with Crippen molar-refractivity contribution >= 4 is 6.09 Å². The van der Waals surface area contributed by atoms with E-state index in [9.17, 15) is 4.79 Å². The second-order valence-electron chi connectivity index (χ2n) is 5.23. The summed E-state index contributed by atoms with van der Waals surface area (Å²) in [6.07, 6.45) is 5.05. The minimum Gasteiger partial charge on any atom is -0.444 e. The number of terminal acetylenes is 1. The number of carbonyl (C=O) groups is 1. The molecule has 1 aliphatic heterocycles. The molecular formula is C12H19NO2. The van der Waals surface area contributed by atoms with Crippen molar-refractivity contribution < 1.29 is 9.53 Å². The SMILES string of the molecule is C#C[C@H]1[C@@H](C(C)C)N1C(=O)OC(C)(C)C. The van der Waals surface area contributed by atoms with Crippen LogP contribution < -0.4 is 0 Å². The van der Waals surface area contributed by atoms with E-state index in [0.29, 0.717) is 5.92 Å². The number of rotatable bonds is 1. The zero-order valence-corrected chi connectivity index (χ0v) is 10.1. The van der Waals surface area contributed by atoms with Crippen LogP contribution in [0.3, 0.4) is 0 Å². The normalized spacial score (nSPS) is 25.0. The summed E-state index contributed by atoms with van der Waals surface area (Å²) in [5.41, 5.74) is -0.458. The zero-order chi connectivity index (χ0) is 11.8. The van der Waals surface area contributed by atoms with Crippen LogP contribution in [0, 0.1) is 18.3 Å². The molecular weight excluding hydrogens is 190 g/mol. The van der Waals surface area contributed by atoms with E-state index in [1.807, 2.05) is 20.8 Å². The lowest BCUT2D eigenvalue weighted by atomic mass is 10.1. The van der Waals surface area contributed by atoms with Crippen molar-refractivity contribution in [2.45, 2.75) is 52.3 Å². The molecule has 1 aliphatic rings. The van der Waals surface area contributed by atoms with E-state index in [4.69, 9.17) is 11.2 Å². The van der Waals surface area contributed by atoms with Crippen LogP contribution in [0.4, 0.5) is 4.79 Å². The van der Waals surface area contributed by atoms with Crippen LogP contribution in [0.2, 0.25) is 0 Å². The van der Waals surface area contributed by atoms with E-state index < -0.39 is 5.60 Å². The molecule has 1 heterocycles. The highest BCUT2D eigenvalue weighted by Gasteiger charge is 2.53. The summed E-state index contributed by atoms with van der Waals surface area (Å²) in [6.45, 7) is 9.66. The Bertz CT molecular complexity index is 296. The van der Waals surface area contributed by atoms with Crippen LogP contribution in [-0.2, 0) is 4.74 Å². The standard InChI is InChI=1S/C12H19NO2/c1-7-9-10(8(2)3)13(9)11(14)15-12(4,5)6/h1,8-10H,2-6H3/t9-,10+,13?/m0/s1. The highest BCUT2D eigenvalue weighted by atomic mass is 16.6. The summed E-state index contributed by atoms with van der Waals surface area (Å²) in [7, 11) is 0. The highest BCUT2D eigenvalue weighted by molar-refractivity contribution is 5.73. The van der Waals surface area contributed by atoms with Gasteiger partial charge >= 0.3 is 6.09 Å². The molecule has 0 aromatic carbocycles. The Morgan fingerprint density at radius 2 is 2.00 bits per heavy atom. The maximum Gasteiger partial charge on any atom is 0.411 e. The summed E-state index contributed by atoms with van der Waals surface area (Å²) >= 11 is 0. The fourth-order valence-electron chi connectivity index (χ4n) is 1.66. The molecule has 0 aliphatic carbocycles. The maximum atomic E-state index is 11.7. The molecule has 0 saturated carbocycles. The molecule has 0 bridgehead atoms. The van der Waals surface area contributed by atoms with E-state index in [2.05, 4.69) is 19.8 Å². The topological polar surface area (TPSA) is 29.3 Å². The molecule has 3 nitrogen and oxygen atoms in total. The number of hydrogen-bond acceptors (Lipinski definition) is 2. The van der Waals surface area contributed by atoms with Gasteiger partial charge in [0, 0.05) is 0 Å². The van der Waals surface area contributed by atoms with Crippen molar-refractivity contribution in [2.75, 3.05) is 0 Å². The molecule has 0 N–H and O–H groups in total. The quantitative estimate of drug-likeness (QED) is 0.489. The average molecular weight is 209 g/mol. The van der Waals surface area contributed by atoms with Gasteiger partial charge in [0.1, 0.15) is 11.6 Å². The van der Waals surface area contributed by atoms with Gasteiger partial charge in [-0.2, -0.15) is 0 Å². The molecule has 0 unspecified atom stereocenters. The molecule has 1 rings (SSSR count). The minimum absolute atomic E-state index is 0.0835. The third-order valence-electron chi connectivity index (χ3n) is 2.31. The van der Waals surface area contributed by atoms with Crippen LogP contribution in [0.5, 0.6) is 0 Å². The minimum atomic E-state index is -0.458. The Morgan fingerprint density at radius 3 is 2.27 bits per heavy atom. The average Bonchev–Trinajstić information content (AvgIpc) is 2.73. The fraction of sp³-hybridized carbons (Fsp3) is 0.750. The Labute approximate surface area is 91.8 Å². The summed E-state index contributed by atoms with van der Waals surface area (Å²) < 4.78 is 5.27. The van der Waals surface area contributed by atoms with E-state index >= 15 is 0 Å². The predicted octanol–water partition coefficient (Wildman–Crippen LogP) is 2.26. The molecule has 3 heteroatoms. The van der Waals surface area contributed by atoms with Gasteiger partial charge in [0.2, 0.25) is 0 Å². The first kappa shape index (κ1) is 11.9. The van der Waals surface area contributed by atoms with E-state index in [1.165, 1.54) is 0 Å². The molecule has 1 fully saturated rings. The van der Waals surface area contributed by atoms with Gasteiger partial charge in [0.15, 0.2) is 0 Å². The fourth-order valence-corrected chi connectivity index (χ4v) is 1.66. The lowest BCUT2D eigenvalue weighted by molar-refractivity contribution is 0.0392. The summed E-state index contributed by atoms with van der Waals surface area (Å²) in [5, 5.41) is 0. The van der Waals surface area contributed by atoms with Gasteiger partial charge in [0.25, 0.3) is 0 Å². The first-order valence-corrected chi connectivity index (χ1v) is 5.25. The molecule has 0 aromatic heterocycles. The van der Waals surface area contributed by atoms with Crippen molar-refractivity contribution in [1.29, 1.82) is 0 Å². The van der Waals surface area contributed by atoms with Gasteiger partial charge < -0.3 is 4.74 Å². The van der Waals surface area contributed by atoms with Gasteiger partial charge in [-0.3, -0.25) is 4.90 Å². The van der Waals surface area contributed by atoms with Gasteiger partial charge in [-0.05, 0) is 26.7 Å². The Morgan fingerprint density at radius 1 is 1.47 bits per heavy atom. The number of ether oxygens (including phenoxy) is 1. The van der Waals surface area contributed by atoms with Crippen molar-refractivity contribution in [3.8, 4) is 12.3 Å². The third kappa shape index (κ3) is 2.65. The Hall–Kier alpha value is -1.17. The summed E-state index contributed by atoms with van der Waals surface area (Å²) in [6, 6.07) is 0.0599. The second-order valence-corrected chi connectivity index (χ2v) is 5.23. The molecule has 0 radical (unpaired) electrons. The maximum absolute atomic E-state index is 11.7. The lowest BCUT2D eigenvalue weighted by Gasteiger charge is -2.20. The monoisotopic (exact) mass is 209 g/mol. The lowest BCUT2D eigenvalue weighted by Crippen LogP contribution is -2.28. The predicted molar refractivity (Wildman–Crippen MR) is 59.3 cm³/mol. The second kappa shape index (κ2) is 3.77. The summed E-state index contributed by atoms with van der Waals surface area (Å²) in [5.74, 6) is 2.99. The van der Waals surface area contributed by atoms with Crippen molar-refractivity contribution in [1.82, 2.24) is 4.90 Å². The molecule has 1 saturated heterocycles. The van der Waals surface area contributed by atoms with Crippen LogP contribution in [-0.4, -0.2) is 28.7 Å². The first-order chi connectivity index (χ1) is 6.78. The third-order valence-corrected chi connectivity index (χ3v) is 2.31. The molecule has 0 spiro atoms. The van der Waals surface area contributed by atoms with Crippen molar-refractivity contribution in [2.24, 2.45) is 5.92 Å². The van der Waals surface area contributed by atoms with Crippen LogP contribution in [0.1, 0.15) is 34.6 Å². The zero-order valence-electron chi connectivity index (χ0n) is 10.1. The molecule has 15 heavy (non-hydrogen) atoms. The molecule has 1 amide bonds. The summed E-state index contributed by atoms with van der Waals surface area (Å²) in [4.78, 5) is 13.3. The first-order valence-electron chi connectivity index (χ1n) is 5.25. The molecule has 84 valence electrons. The molecule has 0 aromatic rings. The van der Waals surface area contributed by atoms with Crippen LogP contribution >= 0.6 is 0 Å². The Kier molecular flexibility index (Phi) is 2.99. The van der Waals surface area contributed by atoms with E-state index in [-0.39, 0.29) is 18.2 Å². The van der Waals surface area contributed by atoms with Gasteiger partial charge in [0.05, 0.1) is 6.04 Å². The smallest absolute Gasteiger partial charge is 0.411 e. The molecule has 2 atom stereocenters. The van der Waals surface area contributed by atoms with Gasteiger partial charge in [-0.1, -0.05) is 19.8 Å². The number of amides is 1. The number of hydrogen-bond donors (Lipinski definition) is 0. The van der Waals surface area contributed by atoms with Crippen molar-refractivity contribution in [3.05, 3.63) is 0 Å². The number of nitrogens with zero attached hydrogens (tertiary/aromatic N) is 1. The highest BCUT2D eigenvalue weighted by Crippen LogP contribution is 2.35. The van der Waals surface area contributed by atoms with Gasteiger partial charge in [-0.15, -0.1) is 6.42 Å². The van der Waals surface area contributed by atoms with Crippen LogP contribution in [0.15, 0.2) is 0 Å². The Balaban J connectivity index is 2.60. The largest absolute Gasteiger partial charge is 0.444 e.